The lowest BCUT2D eigenvalue weighted by Gasteiger charge is -2.33. The van der Waals surface area contributed by atoms with Crippen LogP contribution in [0.3, 0.4) is 0 Å². The predicted molar refractivity (Wildman–Crippen MR) is 114 cm³/mol. The average Bonchev–Trinajstić information content (AvgIpc) is 3.20. The van der Waals surface area contributed by atoms with Crippen molar-refractivity contribution in [2.75, 3.05) is 20.7 Å². The van der Waals surface area contributed by atoms with Crippen molar-refractivity contribution in [1.82, 2.24) is 15.3 Å². The first-order valence-corrected chi connectivity index (χ1v) is 10.5. The first-order valence-electron chi connectivity index (χ1n) is 10.5. The average molecular weight is 418 g/mol. The lowest BCUT2D eigenvalue weighted by molar-refractivity contribution is -0.131. The fourth-order valence-corrected chi connectivity index (χ4v) is 4.26. The molecule has 8 nitrogen and oxygen atoms in total. The molecule has 2 aliphatic rings. The molecular weight excluding hydrogens is 386 g/mol. The molecule has 0 unspecified atom stereocenters. The Bertz CT molecular complexity index is 815. The van der Waals surface area contributed by atoms with Crippen molar-refractivity contribution in [3.05, 3.63) is 35.0 Å². The van der Waals surface area contributed by atoms with E-state index in [-0.39, 0.29) is 30.3 Å². The Morgan fingerprint density at radius 3 is 2.53 bits per heavy atom. The van der Waals surface area contributed by atoms with Gasteiger partial charge in [0, 0.05) is 17.7 Å². The summed E-state index contributed by atoms with van der Waals surface area (Å²) in [5.41, 5.74) is -0.0730. The van der Waals surface area contributed by atoms with E-state index in [1.165, 1.54) is 14.1 Å². The number of nitrogens with zero attached hydrogens (tertiary/aromatic N) is 1. The van der Waals surface area contributed by atoms with Gasteiger partial charge in [-0.2, -0.15) is 0 Å². The summed E-state index contributed by atoms with van der Waals surface area (Å²) in [6.45, 7) is 3.96. The maximum atomic E-state index is 13.1. The van der Waals surface area contributed by atoms with Crippen molar-refractivity contribution in [3.8, 4) is 0 Å². The van der Waals surface area contributed by atoms with E-state index in [9.17, 15) is 19.6 Å². The molecule has 30 heavy (non-hydrogen) atoms. The number of quaternary nitrogens is 1. The summed E-state index contributed by atoms with van der Waals surface area (Å²) >= 11 is 0. The van der Waals surface area contributed by atoms with E-state index in [0.717, 1.165) is 12.8 Å². The fraction of sp³-hybridized carbons (Fsp3) is 0.591. The fourth-order valence-electron chi connectivity index (χ4n) is 4.26. The molecule has 0 spiro atoms. The Kier molecular flexibility index (Phi) is 6.31. The van der Waals surface area contributed by atoms with Gasteiger partial charge in [0.25, 0.3) is 5.91 Å². The molecule has 3 atom stereocenters. The second kappa shape index (κ2) is 8.45. The molecule has 2 amide bonds. The summed E-state index contributed by atoms with van der Waals surface area (Å²) in [5.74, 6) is -0.693. The number of hydrogen-bond donors (Lipinski definition) is 2. The Hall–Kier alpha value is -2.29. The van der Waals surface area contributed by atoms with Crippen LogP contribution in [0.5, 0.6) is 0 Å². The van der Waals surface area contributed by atoms with Gasteiger partial charge in [-0.1, -0.05) is 13.8 Å². The molecule has 0 radical (unpaired) electrons. The van der Waals surface area contributed by atoms with Crippen molar-refractivity contribution in [1.29, 1.82) is 0 Å². The van der Waals surface area contributed by atoms with Crippen LogP contribution < -0.4 is 15.3 Å². The van der Waals surface area contributed by atoms with E-state index in [2.05, 4.69) is 10.6 Å². The second-order valence-electron chi connectivity index (χ2n) is 9.13. The van der Waals surface area contributed by atoms with Gasteiger partial charge in [0.15, 0.2) is 5.78 Å². The quantitative estimate of drug-likeness (QED) is 0.520. The zero-order valence-electron chi connectivity index (χ0n) is 18.1. The number of hydrogen-bond acceptors (Lipinski definition) is 5. The van der Waals surface area contributed by atoms with E-state index in [1.807, 2.05) is 13.8 Å². The van der Waals surface area contributed by atoms with Crippen LogP contribution in [0.15, 0.2) is 24.3 Å². The van der Waals surface area contributed by atoms with Gasteiger partial charge < -0.3 is 25.2 Å². The minimum absolute atomic E-state index is 0.0209. The third-order valence-electron chi connectivity index (χ3n) is 5.93. The van der Waals surface area contributed by atoms with E-state index >= 15 is 0 Å². The van der Waals surface area contributed by atoms with E-state index < -0.39 is 22.1 Å². The van der Waals surface area contributed by atoms with Gasteiger partial charge in [0.05, 0.1) is 20.2 Å². The van der Waals surface area contributed by atoms with Crippen LogP contribution in [-0.2, 0) is 14.3 Å². The minimum Gasteiger partial charge on any atom is -0.628 e. The Labute approximate surface area is 177 Å². The van der Waals surface area contributed by atoms with Crippen LogP contribution in [0.2, 0.25) is 0 Å². The summed E-state index contributed by atoms with van der Waals surface area (Å²) in [4.78, 5) is 38.3. The number of Topliss-reactive ketones (excluding diaryl/α,β-unsaturated/α-hetero) is 1. The third kappa shape index (κ3) is 4.55. The molecule has 2 fully saturated rings. The molecule has 164 valence electrons. The molecule has 2 N–H and O–H groups in total. The summed E-state index contributed by atoms with van der Waals surface area (Å²) in [5, 5.41) is 17.7. The van der Waals surface area contributed by atoms with Gasteiger partial charge >= 0.3 is 0 Å². The highest BCUT2D eigenvalue weighted by Crippen LogP contribution is 2.38. The van der Waals surface area contributed by atoms with Gasteiger partial charge in [-0.3, -0.25) is 14.4 Å². The van der Waals surface area contributed by atoms with Crippen molar-refractivity contribution in [3.63, 3.8) is 0 Å². The maximum Gasteiger partial charge on any atom is 0.251 e. The zero-order chi connectivity index (χ0) is 22.1. The third-order valence-corrected chi connectivity index (χ3v) is 5.93. The van der Waals surface area contributed by atoms with Crippen LogP contribution in [0.1, 0.15) is 49.9 Å². The van der Waals surface area contributed by atoms with E-state index in [1.54, 1.807) is 24.3 Å². The van der Waals surface area contributed by atoms with Gasteiger partial charge in [-0.15, -0.1) is 0 Å². The van der Waals surface area contributed by atoms with Crippen molar-refractivity contribution >= 4 is 23.3 Å². The smallest absolute Gasteiger partial charge is 0.251 e. The largest absolute Gasteiger partial charge is 0.628 e. The van der Waals surface area contributed by atoms with E-state index in [0.29, 0.717) is 24.1 Å². The highest BCUT2D eigenvalue weighted by atomic mass is 16.5. The second-order valence-corrected chi connectivity index (χ2v) is 9.13. The summed E-state index contributed by atoms with van der Waals surface area (Å²) < 4.78 is 4.97. The van der Waals surface area contributed by atoms with E-state index in [4.69, 9.17) is 4.74 Å². The number of carbonyl (C=O) groups is 3. The zero-order valence-corrected chi connectivity index (χ0v) is 18.1. The standard InChI is InChI=1S/C22H31N3O5/c1-14(2)12-17(21(28)24-22-11-5-6-19(22)30-13-18(22)26)23-20(27)15-7-9-16(10-8-15)25(3,4)29/h7-10,14,17,19H,5-6,11-13H2,1-4H3,(H,23,27)(H,24,28)/t17-,19+,22-/m0/s1. The van der Waals surface area contributed by atoms with Gasteiger partial charge in [-0.05, 0) is 43.7 Å². The van der Waals surface area contributed by atoms with Crippen LogP contribution in [-0.4, -0.2) is 56.0 Å². The summed E-state index contributed by atoms with van der Waals surface area (Å²) in [6.07, 6.45) is 2.28. The monoisotopic (exact) mass is 417 g/mol. The first-order chi connectivity index (χ1) is 14.0. The number of ketones is 1. The number of rotatable bonds is 7. The highest BCUT2D eigenvalue weighted by molar-refractivity contribution is 6.00. The molecule has 0 bridgehead atoms. The number of nitrogens with one attached hydrogen (secondary N) is 2. The Morgan fingerprint density at radius 2 is 1.93 bits per heavy atom. The molecule has 1 saturated heterocycles. The van der Waals surface area contributed by atoms with Gasteiger partial charge in [-0.25, -0.2) is 0 Å². The number of carbonyl (C=O) groups excluding carboxylic acids is 3. The number of ether oxygens (including phenoxy) is 1. The number of hydroxylamine groups is 2. The molecule has 1 aliphatic carbocycles. The van der Waals surface area contributed by atoms with Gasteiger partial charge in [0.2, 0.25) is 5.91 Å². The maximum absolute atomic E-state index is 13.1. The summed E-state index contributed by atoms with van der Waals surface area (Å²) in [6, 6.07) is 5.60. The number of benzene rings is 1. The van der Waals surface area contributed by atoms with Crippen LogP contribution in [0.25, 0.3) is 0 Å². The SMILES string of the molecule is CC(C)C[C@H](NC(=O)c1ccc([N+](C)(C)[O-])cc1)C(=O)N[C@]12CCC[C@H]1OCC2=O. The molecule has 3 rings (SSSR count). The molecule has 1 heterocycles. The number of amides is 2. The lowest BCUT2D eigenvalue weighted by atomic mass is 9.91. The predicted octanol–water partition coefficient (Wildman–Crippen LogP) is 1.90. The Balaban J connectivity index is 1.73. The van der Waals surface area contributed by atoms with Gasteiger partial charge in [0.1, 0.15) is 23.9 Å². The van der Waals surface area contributed by atoms with Crippen LogP contribution in [0.4, 0.5) is 5.69 Å². The molecule has 1 saturated carbocycles. The van der Waals surface area contributed by atoms with Crippen LogP contribution in [0, 0.1) is 11.1 Å². The van der Waals surface area contributed by atoms with Crippen molar-refractivity contribution in [2.24, 2.45) is 5.92 Å². The molecule has 1 aromatic carbocycles. The van der Waals surface area contributed by atoms with Crippen molar-refractivity contribution in [2.45, 2.75) is 57.2 Å². The molecule has 8 heteroatoms. The first kappa shape index (κ1) is 22.4. The lowest BCUT2D eigenvalue weighted by Crippen LogP contribution is -2.60. The highest BCUT2D eigenvalue weighted by Gasteiger charge is 2.55. The summed E-state index contributed by atoms with van der Waals surface area (Å²) in [7, 11) is 3.00. The normalized spacial score (nSPS) is 24.6. The van der Waals surface area contributed by atoms with Crippen LogP contribution >= 0.6 is 0 Å². The van der Waals surface area contributed by atoms with Crippen molar-refractivity contribution < 1.29 is 19.1 Å². The number of fused-ring (bicyclic) bond motifs is 1. The minimum atomic E-state index is -0.962. The topological polar surface area (TPSA) is 108 Å². The molecule has 1 aromatic rings. The molecular formula is C22H31N3O5. The Morgan fingerprint density at radius 1 is 1.27 bits per heavy atom. The molecule has 0 aromatic heterocycles. The molecule has 1 aliphatic heterocycles.